The first-order valence-corrected chi connectivity index (χ1v) is 11.8. The lowest BCUT2D eigenvalue weighted by Crippen LogP contribution is -2.18. The smallest absolute Gasteiger partial charge is 0.267 e. The van der Waals surface area contributed by atoms with Crippen molar-refractivity contribution in [3.8, 4) is 11.3 Å². The van der Waals surface area contributed by atoms with Crippen LogP contribution in [0.1, 0.15) is 16.7 Å². The Morgan fingerprint density at radius 2 is 1.69 bits per heavy atom. The SMILES string of the molecule is Cc1ccc(S(=O)(=O)NN=Cc2cn(Cc3ccc(Cl)cc3)nc2-c2ccccc2)cc1. The molecule has 0 aliphatic heterocycles. The van der Waals surface area contributed by atoms with Crippen molar-refractivity contribution in [2.45, 2.75) is 18.4 Å². The molecule has 32 heavy (non-hydrogen) atoms. The molecule has 8 heteroatoms. The Morgan fingerprint density at radius 3 is 2.38 bits per heavy atom. The summed E-state index contributed by atoms with van der Waals surface area (Å²) in [5.74, 6) is 0. The fourth-order valence-electron chi connectivity index (χ4n) is 3.14. The minimum absolute atomic E-state index is 0.155. The van der Waals surface area contributed by atoms with Crippen molar-refractivity contribution in [2.24, 2.45) is 5.10 Å². The first-order chi connectivity index (χ1) is 15.4. The molecule has 3 aromatic carbocycles. The van der Waals surface area contributed by atoms with E-state index in [1.807, 2.05) is 67.7 Å². The van der Waals surface area contributed by atoms with Crippen molar-refractivity contribution in [1.29, 1.82) is 0 Å². The highest BCUT2D eigenvalue weighted by molar-refractivity contribution is 7.89. The van der Waals surface area contributed by atoms with Gasteiger partial charge in [0.05, 0.1) is 17.7 Å². The van der Waals surface area contributed by atoms with Crippen LogP contribution in [-0.4, -0.2) is 24.4 Å². The van der Waals surface area contributed by atoms with E-state index in [9.17, 15) is 8.42 Å². The maximum Gasteiger partial charge on any atom is 0.276 e. The average Bonchev–Trinajstić information content (AvgIpc) is 3.18. The topological polar surface area (TPSA) is 76.3 Å². The predicted molar refractivity (Wildman–Crippen MR) is 127 cm³/mol. The van der Waals surface area contributed by atoms with Crippen molar-refractivity contribution in [3.05, 3.63) is 107 Å². The number of aryl methyl sites for hydroxylation is 1. The van der Waals surface area contributed by atoms with Crippen LogP contribution in [0.4, 0.5) is 0 Å². The third-order valence-corrected chi connectivity index (χ3v) is 6.29. The summed E-state index contributed by atoms with van der Waals surface area (Å²) in [6.07, 6.45) is 3.31. The third-order valence-electron chi connectivity index (χ3n) is 4.80. The van der Waals surface area contributed by atoms with Crippen molar-refractivity contribution in [2.75, 3.05) is 0 Å². The van der Waals surface area contributed by atoms with Crippen LogP contribution in [-0.2, 0) is 16.6 Å². The van der Waals surface area contributed by atoms with Gasteiger partial charge in [-0.2, -0.15) is 18.6 Å². The van der Waals surface area contributed by atoms with E-state index in [-0.39, 0.29) is 4.90 Å². The lowest BCUT2D eigenvalue weighted by atomic mass is 10.1. The first kappa shape index (κ1) is 21.8. The third kappa shape index (κ3) is 5.25. The van der Waals surface area contributed by atoms with E-state index in [0.717, 1.165) is 16.7 Å². The molecule has 1 heterocycles. The van der Waals surface area contributed by atoms with Crippen LogP contribution in [0.5, 0.6) is 0 Å². The van der Waals surface area contributed by atoms with Gasteiger partial charge in [-0.05, 0) is 36.8 Å². The molecular formula is C24H21ClN4O2S. The van der Waals surface area contributed by atoms with Crippen LogP contribution < -0.4 is 4.83 Å². The number of halogens is 1. The van der Waals surface area contributed by atoms with Gasteiger partial charge in [-0.15, -0.1) is 0 Å². The van der Waals surface area contributed by atoms with Crippen LogP contribution in [0.25, 0.3) is 11.3 Å². The minimum atomic E-state index is -3.76. The van der Waals surface area contributed by atoms with E-state index in [1.165, 1.54) is 6.21 Å². The molecule has 6 nitrogen and oxygen atoms in total. The number of nitrogens with one attached hydrogen (secondary N) is 1. The number of hydrogen-bond donors (Lipinski definition) is 1. The van der Waals surface area contributed by atoms with Crippen molar-refractivity contribution < 1.29 is 8.42 Å². The largest absolute Gasteiger partial charge is 0.276 e. The normalized spacial score (nSPS) is 11.7. The molecule has 1 aromatic heterocycles. The molecule has 0 atom stereocenters. The number of rotatable bonds is 7. The monoisotopic (exact) mass is 464 g/mol. The number of hydrazone groups is 1. The highest BCUT2D eigenvalue weighted by Gasteiger charge is 2.13. The van der Waals surface area contributed by atoms with Gasteiger partial charge < -0.3 is 0 Å². The summed E-state index contributed by atoms with van der Waals surface area (Å²) in [4.78, 5) is 2.43. The molecule has 0 radical (unpaired) electrons. The summed E-state index contributed by atoms with van der Waals surface area (Å²) in [5, 5.41) is 9.37. The molecule has 162 valence electrons. The lowest BCUT2D eigenvalue weighted by Gasteiger charge is -2.03. The molecule has 0 saturated carbocycles. The van der Waals surface area contributed by atoms with Gasteiger partial charge in [0.1, 0.15) is 5.69 Å². The Labute approximate surface area is 192 Å². The van der Waals surface area contributed by atoms with E-state index in [1.54, 1.807) is 28.9 Å². The van der Waals surface area contributed by atoms with Crippen LogP contribution in [0.3, 0.4) is 0 Å². The summed E-state index contributed by atoms with van der Waals surface area (Å²) in [5.41, 5.74) is 4.33. The lowest BCUT2D eigenvalue weighted by molar-refractivity contribution is 0.584. The highest BCUT2D eigenvalue weighted by Crippen LogP contribution is 2.21. The molecule has 0 bridgehead atoms. The molecule has 0 aliphatic rings. The zero-order valence-corrected chi connectivity index (χ0v) is 18.9. The van der Waals surface area contributed by atoms with Gasteiger partial charge in [-0.25, -0.2) is 4.83 Å². The Bertz CT molecular complexity index is 1330. The molecular weight excluding hydrogens is 444 g/mol. The summed E-state index contributed by atoms with van der Waals surface area (Å²) < 4.78 is 26.8. The highest BCUT2D eigenvalue weighted by atomic mass is 35.5. The van der Waals surface area contributed by atoms with Crippen LogP contribution in [0.15, 0.2) is 95.1 Å². The predicted octanol–water partition coefficient (Wildman–Crippen LogP) is 4.87. The fraction of sp³-hybridized carbons (Fsp3) is 0.0833. The number of aromatic nitrogens is 2. The second kappa shape index (κ2) is 9.38. The molecule has 0 fully saturated rings. The Hall–Kier alpha value is -3.42. The zero-order valence-electron chi connectivity index (χ0n) is 17.3. The zero-order chi connectivity index (χ0) is 22.6. The van der Waals surface area contributed by atoms with E-state index >= 15 is 0 Å². The maximum atomic E-state index is 12.5. The van der Waals surface area contributed by atoms with Crippen LogP contribution in [0.2, 0.25) is 5.02 Å². The van der Waals surface area contributed by atoms with Crippen LogP contribution in [0, 0.1) is 6.92 Å². The Kier molecular flexibility index (Phi) is 6.39. The molecule has 0 aliphatic carbocycles. The van der Waals surface area contributed by atoms with E-state index in [4.69, 9.17) is 16.7 Å². The molecule has 0 unspecified atom stereocenters. The quantitative estimate of drug-likeness (QED) is 0.313. The minimum Gasteiger partial charge on any atom is -0.267 e. The second-order valence-electron chi connectivity index (χ2n) is 7.29. The van der Waals surface area contributed by atoms with E-state index < -0.39 is 10.0 Å². The summed E-state index contributed by atoms with van der Waals surface area (Å²) in [7, 11) is -3.76. The van der Waals surface area contributed by atoms with E-state index in [2.05, 4.69) is 9.93 Å². The van der Waals surface area contributed by atoms with Gasteiger partial charge in [0.15, 0.2) is 0 Å². The molecule has 4 rings (SSSR count). The van der Waals surface area contributed by atoms with Crippen molar-refractivity contribution in [3.63, 3.8) is 0 Å². The first-order valence-electron chi connectivity index (χ1n) is 9.89. The number of benzene rings is 3. The number of nitrogens with zero attached hydrogens (tertiary/aromatic N) is 3. The average molecular weight is 465 g/mol. The second-order valence-corrected chi connectivity index (χ2v) is 9.39. The summed E-state index contributed by atoms with van der Waals surface area (Å²) >= 11 is 5.97. The van der Waals surface area contributed by atoms with Crippen molar-refractivity contribution in [1.82, 2.24) is 14.6 Å². The Morgan fingerprint density at radius 1 is 1.00 bits per heavy atom. The molecule has 1 N–H and O–H groups in total. The standard InChI is InChI=1S/C24H21ClN4O2S/c1-18-7-13-23(14-8-18)32(30,31)28-26-15-21-17-29(16-19-9-11-22(25)12-10-19)27-24(21)20-5-3-2-4-6-20/h2-15,17,28H,16H2,1H3. The van der Waals surface area contributed by atoms with Gasteiger partial charge in [-0.3, -0.25) is 4.68 Å². The molecule has 0 amide bonds. The maximum absolute atomic E-state index is 12.5. The fourth-order valence-corrected chi connectivity index (χ4v) is 4.06. The number of hydrogen-bond acceptors (Lipinski definition) is 4. The molecule has 0 saturated heterocycles. The van der Waals surface area contributed by atoms with Gasteiger partial charge in [0.2, 0.25) is 0 Å². The molecule has 0 spiro atoms. The molecule has 4 aromatic rings. The van der Waals surface area contributed by atoms with Gasteiger partial charge in [-0.1, -0.05) is 71.8 Å². The summed E-state index contributed by atoms with van der Waals surface area (Å²) in [6.45, 7) is 2.44. The van der Waals surface area contributed by atoms with Crippen LogP contribution >= 0.6 is 11.6 Å². The van der Waals surface area contributed by atoms with Gasteiger partial charge >= 0.3 is 0 Å². The summed E-state index contributed by atoms with van der Waals surface area (Å²) in [6, 6.07) is 23.8. The van der Waals surface area contributed by atoms with Gasteiger partial charge in [0.25, 0.3) is 10.0 Å². The Balaban J connectivity index is 1.60. The van der Waals surface area contributed by atoms with E-state index in [0.29, 0.717) is 22.8 Å². The number of sulfonamides is 1. The van der Waals surface area contributed by atoms with Crippen molar-refractivity contribution >= 4 is 27.8 Å². The van der Waals surface area contributed by atoms with Gasteiger partial charge in [0, 0.05) is 22.3 Å².